The maximum absolute atomic E-state index is 12.1. The first-order valence-electron chi connectivity index (χ1n) is 5.14. The van der Waals surface area contributed by atoms with Crippen molar-refractivity contribution in [2.24, 2.45) is 0 Å². The SMILES string of the molecule is C1CCOC1.COC(F)(F)C(F)(F)C(F)(F)C(F)(F)F. The van der Waals surface area contributed by atoms with Crippen LogP contribution in [0.15, 0.2) is 0 Å². The van der Waals surface area contributed by atoms with Gasteiger partial charge in [-0.05, 0) is 12.8 Å². The molecule has 0 saturated carbocycles. The Balaban J connectivity index is 0.000000595. The van der Waals surface area contributed by atoms with Crippen molar-refractivity contribution in [2.75, 3.05) is 20.3 Å². The third-order valence-electron chi connectivity index (χ3n) is 2.20. The van der Waals surface area contributed by atoms with Crippen LogP contribution in [0.5, 0.6) is 0 Å². The van der Waals surface area contributed by atoms with Gasteiger partial charge in [0.2, 0.25) is 0 Å². The lowest BCUT2D eigenvalue weighted by molar-refractivity contribution is -0.440. The van der Waals surface area contributed by atoms with E-state index < -0.39 is 24.1 Å². The Kier molecular flexibility index (Phi) is 6.15. The average molecular weight is 322 g/mol. The Morgan fingerprint density at radius 2 is 1.15 bits per heavy atom. The molecule has 0 unspecified atom stereocenters. The largest absolute Gasteiger partial charge is 0.460 e. The highest BCUT2D eigenvalue weighted by atomic mass is 19.4. The molecule has 1 fully saturated rings. The molecule has 0 amide bonds. The Labute approximate surface area is 107 Å². The van der Waals surface area contributed by atoms with Gasteiger partial charge in [0.25, 0.3) is 0 Å². The highest BCUT2D eigenvalue weighted by molar-refractivity contribution is 4.96. The summed E-state index contributed by atoms with van der Waals surface area (Å²) in [7, 11) is -0.125. The Bertz CT molecular complexity index is 289. The third-order valence-corrected chi connectivity index (χ3v) is 2.20. The van der Waals surface area contributed by atoms with Gasteiger partial charge in [0.15, 0.2) is 0 Å². The fourth-order valence-electron chi connectivity index (χ4n) is 0.999. The fourth-order valence-corrected chi connectivity index (χ4v) is 0.999. The quantitative estimate of drug-likeness (QED) is 0.735. The minimum atomic E-state index is -6.89. The van der Waals surface area contributed by atoms with Gasteiger partial charge in [0.05, 0.1) is 0 Å². The third kappa shape index (κ3) is 3.90. The van der Waals surface area contributed by atoms with Gasteiger partial charge in [-0.3, -0.25) is 0 Å². The summed E-state index contributed by atoms with van der Waals surface area (Å²) in [5, 5.41) is 0. The second-order valence-corrected chi connectivity index (χ2v) is 3.69. The number of ether oxygens (including phenoxy) is 2. The van der Waals surface area contributed by atoms with Crippen molar-refractivity contribution in [2.45, 2.75) is 37.0 Å². The molecule has 1 aliphatic rings. The van der Waals surface area contributed by atoms with E-state index >= 15 is 0 Å². The van der Waals surface area contributed by atoms with E-state index in [2.05, 4.69) is 4.74 Å². The average Bonchev–Trinajstić information content (AvgIpc) is 2.85. The molecule has 1 saturated heterocycles. The van der Waals surface area contributed by atoms with Crippen molar-refractivity contribution in [1.82, 2.24) is 0 Å². The topological polar surface area (TPSA) is 18.5 Å². The Morgan fingerprint density at radius 3 is 1.35 bits per heavy atom. The number of halogens is 9. The molecule has 0 atom stereocenters. The van der Waals surface area contributed by atoms with E-state index in [0.29, 0.717) is 0 Å². The maximum Gasteiger partial charge on any atom is 0.460 e. The molecule has 0 N–H and O–H groups in total. The summed E-state index contributed by atoms with van der Waals surface area (Å²) in [5.41, 5.74) is 0. The van der Waals surface area contributed by atoms with E-state index in [-0.39, 0.29) is 7.11 Å². The lowest BCUT2D eigenvalue weighted by Crippen LogP contribution is -2.61. The molecule has 2 nitrogen and oxygen atoms in total. The maximum atomic E-state index is 12.1. The highest BCUT2D eigenvalue weighted by Gasteiger charge is 2.82. The molecule has 20 heavy (non-hydrogen) atoms. The molecule has 0 radical (unpaired) electrons. The van der Waals surface area contributed by atoms with Crippen LogP contribution in [-0.2, 0) is 9.47 Å². The molecule has 1 heterocycles. The number of hydrogen-bond acceptors (Lipinski definition) is 2. The van der Waals surface area contributed by atoms with E-state index in [0.717, 1.165) is 13.2 Å². The van der Waals surface area contributed by atoms with Gasteiger partial charge in [-0.1, -0.05) is 0 Å². The van der Waals surface area contributed by atoms with Crippen LogP contribution in [0.25, 0.3) is 0 Å². The molecule has 1 aliphatic heterocycles. The first-order chi connectivity index (χ1) is 8.81. The number of rotatable bonds is 3. The summed E-state index contributed by atoms with van der Waals surface area (Å²) in [5.74, 6) is -13.6. The van der Waals surface area contributed by atoms with Crippen LogP contribution >= 0.6 is 0 Å². The van der Waals surface area contributed by atoms with Crippen molar-refractivity contribution in [3.8, 4) is 0 Å². The van der Waals surface area contributed by atoms with Gasteiger partial charge in [-0.2, -0.15) is 39.5 Å². The number of alkyl halides is 9. The summed E-state index contributed by atoms with van der Waals surface area (Å²) >= 11 is 0. The molecule has 0 aromatic rings. The standard InChI is InChI=1S/C5H3F9O.C4H8O/c1-15-5(13,14)3(8,9)2(6,7)4(10,11)12;1-2-4-5-3-1/h1H3;1-4H2. The van der Waals surface area contributed by atoms with Crippen molar-refractivity contribution in [1.29, 1.82) is 0 Å². The zero-order chi connectivity index (χ0) is 16.2. The Morgan fingerprint density at radius 1 is 0.750 bits per heavy atom. The number of hydrogen-bond donors (Lipinski definition) is 0. The number of methoxy groups -OCH3 is 1. The van der Waals surface area contributed by atoms with Crippen LogP contribution in [0, 0.1) is 0 Å². The summed E-state index contributed by atoms with van der Waals surface area (Å²) in [6.45, 7) is 2.00. The lowest BCUT2D eigenvalue weighted by atomic mass is 10.1. The molecular formula is C9H11F9O2. The summed E-state index contributed by atoms with van der Waals surface area (Å²) in [6, 6.07) is 0. The highest BCUT2D eigenvalue weighted by Crippen LogP contribution is 2.53. The van der Waals surface area contributed by atoms with Crippen LogP contribution in [0.1, 0.15) is 12.8 Å². The van der Waals surface area contributed by atoms with E-state index in [1.807, 2.05) is 0 Å². The minimum Gasteiger partial charge on any atom is -0.381 e. The van der Waals surface area contributed by atoms with Crippen LogP contribution in [0.4, 0.5) is 39.5 Å². The molecule has 1 rings (SSSR count). The van der Waals surface area contributed by atoms with Gasteiger partial charge in [0, 0.05) is 20.3 Å². The zero-order valence-electron chi connectivity index (χ0n) is 10.0. The van der Waals surface area contributed by atoms with Gasteiger partial charge < -0.3 is 9.47 Å². The second kappa shape index (κ2) is 6.37. The van der Waals surface area contributed by atoms with Crippen LogP contribution in [0.2, 0.25) is 0 Å². The minimum absolute atomic E-state index is 0.125. The van der Waals surface area contributed by atoms with Crippen LogP contribution in [-0.4, -0.2) is 44.5 Å². The predicted octanol–water partition coefficient (Wildman–Crippen LogP) is 3.86. The fraction of sp³-hybridized carbons (Fsp3) is 1.00. The van der Waals surface area contributed by atoms with E-state index in [1.165, 1.54) is 12.8 Å². The van der Waals surface area contributed by atoms with Crippen LogP contribution < -0.4 is 0 Å². The van der Waals surface area contributed by atoms with Crippen LogP contribution in [0.3, 0.4) is 0 Å². The van der Waals surface area contributed by atoms with Gasteiger partial charge in [0.1, 0.15) is 0 Å². The van der Waals surface area contributed by atoms with Gasteiger partial charge in [-0.15, -0.1) is 0 Å². The second-order valence-electron chi connectivity index (χ2n) is 3.69. The smallest absolute Gasteiger partial charge is 0.381 e. The molecule has 0 aliphatic carbocycles. The normalized spacial score (nSPS) is 17.7. The summed E-state index contributed by atoms with van der Waals surface area (Å²) < 4.78 is 114. The molecule has 0 spiro atoms. The monoisotopic (exact) mass is 322 g/mol. The van der Waals surface area contributed by atoms with E-state index in [1.54, 1.807) is 0 Å². The van der Waals surface area contributed by atoms with Gasteiger partial charge >= 0.3 is 24.1 Å². The van der Waals surface area contributed by atoms with E-state index in [4.69, 9.17) is 4.74 Å². The van der Waals surface area contributed by atoms with Crippen molar-refractivity contribution < 1.29 is 49.0 Å². The molecule has 122 valence electrons. The first kappa shape index (κ1) is 19.3. The Hall–Kier alpha value is -0.710. The van der Waals surface area contributed by atoms with Crippen molar-refractivity contribution >= 4 is 0 Å². The molecule has 0 aromatic heterocycles. The van der Waals surface area contributed by atoms with Crippen molar-refractivity contribution in [3.63, 3.8) is 0 Å². The molecular weight excluding hydrogens is 311 g/mol. The first-order valence-corrected chi connectivity index (χ1v) is 5.14. The molecule has 0 aromatic carbocycles. The molecule has 0 bridgehead atoms. The molecule has 11 heteroatoms. The van der Waals surface area contributed by atoms with E-state index in [9.17, 15) is 39.5 Å². The lowest BCUT2D eigenvalue weighted by Gasteiger charge is -2.32. The summed E-state index contributed by atoms with van der Waals surface area (Å²) in [4.78, 5) is 0. The van der Waals surface area contributed by atoms with Gasteiger partial charge in [-0.25, -0.2) is 0 Å². The summed E-state index contributed by atoms with van der Waals surface area (Å²) in [6.07, 6.45) is -10.2. The predicted molar refractivity (Wildman–Crippen MR) is 48.0 cm³/mol. The zero-order valence-corrected chi connectivity index (χ0v) is 10.0. The van der Waals surface area contributed by atoms with Crippen molar-refractivity contribution in [3.05, 3.63) is 0 Å².